The zero-order valence-electron chi connectivity index (χ0n) is 12.0. The summed E-state index contributed by atoms with van der Waals surface area (Å²) in [6.07, 6.45) is -0.858. The molecule has 0 saturated carbocycles. The van der Waals surface area contributed by atoms with E-state index in [2.05, 4.69) is 5.32 Å². The van der Waals surface area contributed by atoms with E-state index in [1.807, 2.05) is 6.07 Å². The van der Waals surface area contributed by atoms with Crippen LogP contribution >= 0.6 is 22.9 Å². The van der Waals surface area contributed by atoms with Gasteiger partial charge in [0.1, 0.15) is 10.8 Å². The molecule has 0 spiro atoms. The minimum absolute atomic E-state index is 0.234. The van der Waals surface area contributed by atoms with Gasteiger partial charge in [-0.25, -0.2) is 0 Å². The van der Waals surface area contributed by atoms with E-state index in [9.17, 15) is 9.59 Å². The molecule has 0 aliphatic heterocycles. The van der Waals surface area contributed by atoms with Crippen molar-refractivity contribution in [1.29, 1.82) is 5.26 Å². The highest BCUT2D eigenvalue weighted by atomic mass is 35.5. The Bertz CT molecular complexity index is 798. The van der Waals surface area contributed by atoms with Crippen LogP contribution in [0.4, 0.5) is 5.00 Å². The molecular formula is C15H12ClN3O3S. The lowest BCUT2D eigenvalue weighted by Gasteiger charge is -2.15. The number of hydrogen-bond donors (Lipinski definition) is 2. The van der Waals surface area contributed by atoms with E-state index in [4.69, 9.17) is 27.3 Å². The van der Waals surface area contributed by atoms with Crippen LogP contribution in [0.5, 0.6) is 5.75 Å². The van der Waals surface area contributed by atoms with Crippen LogP contribution in [0.1, 0.15) is 22.8 Å². The van der Waals surface area contributed by atoms with Crippen LogP contribution in [0, 0.1) is 11.3 Å². The van der Waals surface area contributed by atoms with Crippen LogP contribution < -0.4 is 15.8 Å². The number of rotatable bonds is 5. The fourth-order valence-electron chi connectivity index (χ4n) is 1.72. The molecule has 6 nitrogen and oxygen atoms in total. The number of nitrogens with two attached hydrogens (primary N) is 1. The second-order valence-corrected chi connectivity index (χ2v) is 5.86. The first kappa shape index (κ1) is 16.8. The maximum Gasteiger partial charge on any atom is 0.265 e. The molecule has 0 saturated heterocycles. The zero-order valence-corrected chi connectivity index (χ0v) is 13.6. The zero-order chi connectivity index (χ0) is 17.0. The maximum absolute atomic E-state index is 12.1. The van der Waals surface area contributed by atoms with E-state index in [1.165, 1.54) is 35.6 Å². The topological polar surface area (TPSA) is 105 Å². The monoisotopic (exact) mass is 349 g/mol. The number of primary amides is 1. The van der Waals surface area contributed by atoms with Crippen molar-refractivity contribution in [2.45, 2.75) is 13.0 Å². The SMILES string of the molecule is C[C@@H](Oc1ccc(C#N)cc1Cl)C(=O)Nc1sccc1C(N)=O. The molecule has 0 radical (unpaired) electrons. The van der Waals surface area contributed by atoms with Crippen molar-refractivity contribution in [2.75, 3.05) is 5.32 Å². The maximum atomic E-state index is 12.1. The second kappa shape index (κ2) is 7.13. The Morgan fingerprint density at radius 1 is 1.43 bits per heavy atom. The van der Waals surface area contributed by atoms with E-state index in [-0.39, 0.29) is 16.3 Å². The van der Waals surface area contributed by atoms with Gasteiger partial charge in [-0.05, 0) is 36.6 Å². The molecule has 1 aromatic heterocycles. The predicted octanol–water partition coefficient (Wildman–Crippen LogP) is 2.78. The molecule has 0 aliphatic carbocycles. The Morgan fingerprint density at radius 2 is 2.17 bits per heavy atom. The number of thiophene rings is 1. The van der Waals surface area contributed by atoms with Crippen molar-refractivity contribution in [3.05, 3.63) is 45.8 Å². The summed E-state index contributed by atoms with van der Waals surface area (Å²) in [5, 5.41) is 13.6. The van der Waals surface area contributed by atoms with Crippen LogP contribution in [0.15, 0.2) is 29.6 Å². The molecule has 0 fully saturated rings. The Kier molecular flexibility index (Phi) is 5.21. The molecule has 1 heterocycles. The summed E-state index contributed by atoms with van der Waals surface area (Å²) in [6, 6.07) is 8.00. The fourth-order valence-corrected chi connectivity index (χ4v) is 2.74. The third-order valence-electron chi connectivity index (χ3n) is 2.90. The van der Waals surface area contributed by atoms with Gasteiger partial charge in [0.25, 0.3) is 11.8 Å². The van der Waals surface area contributed by atoms with Gasteiger partial charge in [0.15, 0.2) is 6.10 Å². The number of hydrogen-bond acceptors (Lipinski definition) is 5. The molecule has 2 rings (SSSR count). The average molecular weight is 350 g/mol. The van der Waals surface area contributed by atoms with Gasteiger partial charge in [-0.15, -0.1) is 11.3 Å². The molecule has 0 unspecified atom stereocenters. The Morgan fingerprint density at radius 3 is 2.78 bits per heavy atom. The summed E-state index contributed by atoms with van der Waals surface area (Å²) in [5.74, 6) is -0.782. The standard InChI is InChI=1S/C15H12ClN3O3S/c1-8(22-12-3-2-9(7-17)6-11(12)16)14(21)19-15-10(13(18)20)4-5-23-15/h2-6,8H,1H3,(H2,18,20)(H,19,21)/t8-/m1/s1. The first-order chi connectivity index (χ1) is 10.9. The molecule has 8 heteroatoms. The van der Waals surface area contributed by atoms with Crippen LogP contribution in [0.3, 0.4) is 0 Å². The molecule has 1 aromatic carbocycles. The fraction of sp³-hybridized carbons (Fsp3) is 0.133. The van der Waals surface area contributed by atoms with Crippen molar-refractivity contribution in [3.63, 3.8) is 0 Å². The van der Waals surface area contributed by atoms with Crippen molar-refractivity contribution in [2.24, 2.45) is 5.73 Å². The lowest BCUT2D eigenvalue weighted by atomic mass is 10.2. The van der Waals surface area contributed by atoms with Crippen LogP contribution in [-0.2, 0) is 4.79 Å². The number of nitriles is 1. The first-order valence-electron chi connectivity index (χ1n) is 6.47. The molecule has 2 aromatic rings. The summed E-state index contributed by atoms with van der Waals surface area (Å²) in [5.41, 5.74) is 5.86. The number of benzene rings is 1. The minimum Gasteiger partial charge on any atom is -0.479 e. The number of ether oxygens (including phenoxy) is 1. The minimum atomic E-state index is -0.858. The summed E-state index contributed by atoms with van der Waals surface area (Å²) in [4.78, 5) is 23.4. The highest BCUT2D eigenvalue weighted by Gasteiger charge is 2.19. The van der Waals surface area contributed by atoms with Gasteiger partial charge in [0.05, 0.1) is 22.2 Å². The number of nitrogens with one attached hydrogen (secondary N) is 1. The van der Waals surface area contributed by atoms with Crippen molar-refractivity contribution < 1.29 is 14.3 Å². The van der Waals surface area contributed by atoms with E-state index in [0.29, 0.717) is 10.6 Å². The number of halogens is 1. The largest absolute Gasteiger partial charge is 0.479 e. The quantitative estimate of drug-likeness (QED) is 0.865. The normalized spacial score (nSPS) is 11.3. The van der Waals surface area contributed by atoms with Crippen LogP contribution in [-0.4, -0.2) is 17.9 Å². The summed E-state index contributed by atoms with van der Waals surface area (Å²) >= 11 is 7.19. The molecule has 23 heavy (non-hydrogen) atoms. The van der Waals surface area contributed by atoms with Crippen molar-refractivity contribution in [1.82, 2.24) is 0 Å². The van der Waals surface area contributed by atoms with Crippen LogP contribution in [0.2, 0.25) is 5.02 Å². The third kappa shape index (κ3) is 4.00. The van der Waals surface area contributed by atoms with Gasteiger partial charge in [-0.3, -0.25) is 9.59 Å². The number of nitrogens with zero attached hydrogens (tertiary/aromatic N) is 1. The predicted molar refractivity (Wildman–Crippen MR) is 87.7 cm³/mol. The molecular weight excluding hydrogens is 338 g/mol. The van der Waals surface area contributed by atoms with E-state index in [1.54, 1.807) is 12.3 Å². The number of carbonyl (C=O) groups is 2. The highest BCUT2D eigenvalue weighted by molar-refractivity contribution is 7.14. The lowest BCUT2D eigenvalue weighted by Crippen LogP contribution is -2.30. The molecule has 3 N–H and O–H groups in total. The number of anilines is 1. The Balaban J connectivity index is 2.07. The van der Waals surface area contributed by atoms with Gasteiger partial charge in [-0.2, -0.15) is 5.26 Å². The molecule has 2 amide bonds. The molecule has 118 valence electrons. The average Bonchev–Trinajstić information content (AvgIpc) is 2.97. The number of amides is 2. The second-order valence-electron chi connectivity index (χ2n) is 4.53. The van der Waals surface area contributed by atoms with Crippen LogP contribution in [0.25, 0.3) is 0 Å². The number of carbonyl (C=O) groups excluding carboxylic acids is 2. The summed E-state index contributed by atoms with van der Waals surface area (Å²) in [7, 11) is 0. The summed E-state index contributed by atoms with van der Waals surface area (Å²) in [6.45, 7) is 1.54. The van der Waals surface area contributed by atoms with Gasteiger partial charge in [-0.1, -0.05) is 11.6 Å². The third-order valence-corrected chi connectivity index (χ3v) is 4.03. The Hall–Kier alpha value is -2.56. The van der Waals surface area contributed by atoms with Gasteiger partial charge in [0, 0.05) is 0 Å². The lowest BCUT2D eigenvalue weighted by molar-refractivity contribution is -0.122. The van der Waals surface area contributed by atoms with Crippen molar-refractivity contribution >= 4 is 39.8 Å². The van der Waals surface area contributed by atoms with Gasteiger partial charge < -0.3 is 15.8 Å². The Labute approximate surface area is 141 Å². The smallest absolute Gasteiger partial charge is 0.265 e. The highest BCUT2D eigenvalue weighted by Crippen LogP contribution is 2.27. The van der Waals surface area contributed by atoms with Crippen molar-refractivity contribution in [3.8, 4) is 11.8 Å². The van der Waals surface area contributed by atoms with E-state index >= 15 is 0 Å². The molecule has 0 aliphatic rings. The molecule has 0 bridgehead atoms. The van der Waals surface area contributed by atoms with Gasteiger partial charge >= 0.3 is 0 Å². The molecule has 1 atom stereocenters. The van der Waals surface area contributed by atoms with E-state index in [0.717, 1.165) is 0 Å². The summed E-state index contributed by atoms with van der Waals surface area (Å²) < 4.78 is 5.49. The van der Waals surface area contributed by atoms with Gasteiger partial charge in [0.2, 0.25) is 0 Å². The first-order valence-corrected chi connectivity index (χ1v) is 7.72. The van der Waals surface area contributed by atoms with E-state index < -0.39 is 17.9 Å².